The van der Waals surface area contributed by atoms with Gasteiger partial charge in [0.1, 0.15) is 5.75 Å². The van der Waals surface area contributed by atoms with Crippen molar-refractivity contribution in [1.29, 1.82) is 0 Å². The van der Waals surface area contributed by atoms with E-state index in [1.807, 2.05) is 63.2 Å². The number of hydrogen-bond donors (Lipinski definition) is 1. The van der Waals surface area contributed by atoms with Crippen molar-refractivity contribution in [2.24, 2.45) is 5.41 Å². The summed E-state index contributed by atoms with van der Waals surface area (Å²) in [7, 11) is 1.64. The van der Waals surface area contributed by atoms with Gasteiger partial charge in [-0.3, -0.25) is 9.59 Å². The first-order valence-corrected chi connectivity index (χ1v) is 9.13. The molecule has 3 aromatic rings. The van der Waals surface area contributed by atoms with Crippen molar-refractivity contribution in [3.8, 4) is 5.75 Å². The smallest absolute Gasteiger partial charge is 0.266 e. The van der Waals surface area contributed by atoms with E-state index in [1.54, 1.807) is 7.11 Å². The van der Waals surface area contributed by atoms with Crippen LogP contribution in [0.1, 0.15) is 26.3 Å². The Labute approximate surface area is 155 Å². The molecule has 0 aliphatic rings. The normalized spacial score (nSPS) is 13.4. The second-order valence-corrected chi connectivity index (χ2v) is 8.24. The van der Waals surface area contributed by atoms with Gasteiger partial charge in [-0.1, -0.05) is 39.0 Å². The molecule has 26 heavy (non-hydrogen) atoms. The van der Waals surface area contributed by atoms with Crippen molar-refractivity contribution >= 4 is 40.0 Å². The first kappa shape index (κ1) is 18.1. The van der Waals surface area contributed by atoms with E-state index in [9.17, 15) is 9.59 Å². The zero-order chi connectivity index (χ0) is 18.9. The molecule has 5 heteroatoms. The van der Waals surface area contributed by atoms with E-state index in [1.165, 1.54) is 17.4 Å². The van der Waals surface area contributed by atoms with Crippen LogP contribution in [-0.2, 0) is 4.79 Å². The molecular weight excluding hydrogens is 346 g/mol. The summed E-state index contributed by atoms with van der Waals surface area (Å²) >= 11 is 1.29. The topological polar surface area (TPSA) is 59.2 Å². The number of aromatic nitrogens is 1. The molecule has 0 aliphatic carbocycles. The van der Waals surface area contributed by atoms with Gasteiger partial charge in [0.2, 0.25) is 0 Å². The van der Waals surface area contributed by atoms with Gasteiger partial charge in [0, 0.05) is 11.5 Å². The monoisotopic (exact) mass is 367 g/mol. The first-order valence-electron chi connectivity index (χ1n) is 8.31. The number of carbonyl (C=O) groups excluding carboxylic acids is 1. The summed E-state index contributed by atoms with van der Waals surface area (Å²) in [5.41, 5.74) is 0.283. The Kier molecular flexibility index (Phi) is 4.83. The number of methoxy groups -OCH3 is 1. The number of fused-ring (bicyclic) bond motifs is 1. The van der Waals surface area contributed by atoms with Crippen LogP contribution in [0.3, 0.4) is 0 Å². The van der Waals surface area contributed by atoms with Gasteiger partial charge in [0.05, 0.1) is 16.3 Å². The van der Waals surface area contributed by atoms with Gasteiger partial charge in [-0.15, -0.1) is 11.3 Å². The second-order valence-electron chi connectivity index (χ2n) is 7.16. The average molecular weight is 367 g/mol. The van der Waals surface area contributed by atoms with Crippen LogP contribution in [0, 0.1) is 5.41 Å². The Balaban J connectivity index is 2.03. The maximum absolute atomic E-state index is 12.2. The quantitative estimate of drug-likeness (QED) is 0.774. The molecule has 4 nitrogen and oxygen atoms in total. The molecule has 0 radical (unpaired) electrons. The molecule has 0 atom stereocenters. The molecule has 1 N–H and O–H groups in total. The average Bonchev–Trinajstić information content (AvgIpc) is 2.92. The highest BCUT2D eigenvalue weighted by Gasteiger charge is 2.18. The zero-order valence-electron chi connectivity index (χ0n) is 15.3. The van der Waals surface area contributed by atoms with Gasteiger partial charge in [0.25, 0.3) is 5.56 Å². The SMILES string of the molecule is COc1ccc2cc(C=c3sc(=CC(=O)C(C)(C)C)[nH]c3=O)ccc2c1. The molecule has 3 rings (SSSR count). The summed E-state index contributed by atoms with van der Waals surface area (Å²) in [6, 6.07) is 11.9. The summed E-state index contributed by atoms with van der Waals surface area (Å²) < 4.78 is 6.39. The van der Waals surface area contributed by atoms with Crippen molar-refractivity contribution in [3.05, 3.63) is 61.5 Å². The number of carbonyl (C=O) groups is 1. The number of H-pyrrole nitrogens is 1. The maximum Gasteiger partial charge on any atom is 0.266 e. The minimum Gasteiger partial charge on any atom is -0.497 e. The summed E-state index contributed by atoms with van der Waals surface area (Å²) in [6.07, 6.45) is 3.35. The largest absolute Gasteiger partial charge is 0.497 e. The van der Waals surface area contributed by atoms with Crippen LogP contribution in [0.15, 0.2) is 41.2 Å². The van der Waals surface area contributed by atoms with Crippen molar-refractivity contribution in [1.82, 2.24) is 4.98 Å². The Morgan fingerprint density at radius 2 is 1.81 bits per heavy atom. The third kappa shape index (κ3) is 3.94. The number of Topliss-reactive ketones (excluding diaryl/α,β-unsaturated/α-hetero) is 1. The molecule has 0 fully saturated rings. The summed E-state index contributed by atoms with van der Waals surface area (Å²) in [6.45, 7) is 5.57. The molecular formula is C21H21NO3S. The standard InChI is InChI=1S/C21H21NO3S/c1-21(2,3)18(23)12-19-22-20(24)17(26-19)10-13-5-6-15-11-16(25-4)8-7-14(15)9-13/h5-12H,1-4H3,(H,22,24). The van der Waals surface area contributed by atoms with Crippen molar-refractivity contribution in [2.75, 3.05) is 7.11 Å². The minimum absolute atomic E-state index is 0.0128. The van der Waals surface area contributed by atoms with Crippen LogP contribution in [-0.4, -0.2) is 17.9 Å². The van der Waals surface area contributed by atoms with E-state index in [0.717, 1.165) is 22.1 Å². The summed E-state index contributed by atoms with van der Waals surface area (Å²) in [5.74, 6) is 0.800. The molecule has 0 spiro atoms. The van der Waals surface area contributed by atoms with Crippen molar-refractivity contribution in [2.45, 2.75) is 20.8 Å². The Hall–Kier alpha value is -2.66. The summed E-state index contributed by atoms with van der Waals surface area (Å²) in [4.78, 5) is 27.1. The molecule has 0 bridgehead atoms. The van der Waals surface area contributed by atoms with E-state index in [-0.39, 0.29) is 11.3 Å². The zero-order valence-corrected chi connectivity index (χ0v) is 16.1. The number of benzene rings is 2. The van der Waals surface area contributed by atoms with E-state index < -0.39 is 5.41 Å². The Bertz CT molecular complexity index is 1150. The van der Waals surface area contributed by atoms with Crippen molar-refractivity contribution < 1.29 is 9.53 Å². The van der Waals surface area contributed by atoms with Crippen LogP contribution in [0.4, 0.5) is 0 Å². The van der Waals surface area contributed by atoms with E-state index in [4.69, 9.17) is 4.74 Å². The lowest BCUT2D eigenvalue weighted by Crippen LogP contribution is -2.22. The van der Waals surface area contributed by atoms with Crippen LogP contribution < -0.4 is 19.5 Å². The van der Waals surface area contributed by atoms with Gasteiger partial charge in [-0.05, 0) is 40.6 Å². The lowest BCUT2D eigenvalue weighted by Gasteiger charge is -2.12. The minimum atomic E-state index is -0.468. The van der Waals surface area contributed by atoms with Gasteiger partial charge in [-0.25, -0.2) is 0 Å². The lowest BCUT2D eigenvalue weighted by atomic mass is 9.91. The second kappa shape index (κ2) is 6.92. The predicted molar refractivity (Wildman–Crippen MR) is 107 cm³/mol. The third-order valence-electron chi connectivity index (χ3n) is 4.05. The number of nitrogens with one attached hydrogen (secondary N) is 1. The molecule has 1 aromatic heterocycles. The van der Waals surface area contributed by atoms with E-state index in [0.29, 0.717) is 9.20 Å². The predicted octanol–water partition coefficient (Wildman–Crippen LogP) is 2.82. The number of aromatic amines is 1. The van der Waals surface area contributed by atoms with E-state index in [2.05, 4.69) is 4.98 Å². The summed E-state index contributed by atoms with van der Waals surface area (Å²) in [5, 5.41) is 2.15. The van der Waals surface area contributed by atoms with Crippen LogP contribution in [0.5, 0.6) is 5.75 Å². The number of ketones is 1. The molecule has 0 amide bonds. The Morgan fingerprint density at radius 3 is 2.50 bits per heavy atom. The number of thiazole rings is 1. The Morgan fingerprint density at radius 1 is 1.12 bits per heavy atom. The highest BCUT2D eigenvalue weighted by Crippen LogP contribution is 2.22. The van der Waals surface area contributed by atoms with Gasteiger partial charge in [-0.2, -0.15) is 0 Å². The maximum atomic E-state index is 12.2. The van der Waals surface area contributed by atoms with Crippen LogP contribution >= 0.6 is 11.3 Å². The molecule has 134 valence electrons. The van der Waals surface area contributed by atoms with Gasteiger partial charge < -0.3 is 9.72 Å². The number of hydrogen-bond acceptors (Lipinski definition) is 4. The first-order chi connectivity index (χ1) is 12.3. The number of ether oxygens (including phenoxy) is 1. The fourth-order valence-electron chi connectivity index (χ4n) is 2.47. The van der Waals surface area contributed by atoms with Gasteiger partial charge in [0.15, 0.2) is 5.78 Å². The highest BCUT2D eigenvalue weighted by molar-refractivity contribution is 7.07. The molecule has 0 saturated carbocycles. The molecule has 2 aromatic carbocycles. The van der Waals surface area contributed by atoms with E-state index >= 15 is 0 Å². The van der Waals surface area contributed by atoms with Crippen LogP contribution in [0.2, 0.25) is 0 Å². The molecule has 1 heterocycles. The van der Waals surface area contributed by atoms with Crippen molar-refractivity contribution in [3.63, 3.8) is 0 Å². The molecule has 0 aliphatic heterocycles. The third-order valence-corrected chi connectivity index (χ3v) is 5.01. The van der Waals surface area contributed by atoms with Crippen LogP contribution in [0.25, 0.3) is 22.9 Å². The highest BCUT2D eigenvalue weighted by atomic mass is 32.1. The molecule has 0 saturated heterocycles. The lowest BCUT2D eigenvalue weighted by molar-refractivity contribution is -0.119. The fourth-order valence-corrected chi connectivity index (χ4v) is 3.36. The number of rotatable bonds is 3. The molecule has 0 unspecified atom stereocenters. The van der Waals surface area contributed by atoms with Gasteiger partial charge >= 0.3 is 0 Å². The fraction of sp³-hybridized carbons (Fsp3) is 0.238.